The molecule has 1 aromatic heterocycles. The molecule has 0 atom stereocenters. The highest BCUT2D eigenvalue weighted by Crippen LogP contribution is 2.31. The second-order valence-electron chi connectivity index (χ2n) is 4.78. The predicted octanol–water partition coefficient (Wildman–Crippen LogP) is 3.54. The summed E-state index contributed by atoms with van der Waals surface area (Å²) in [6.45, 7) is 4.87. The van der Waals surface area contributed by atoms with Crippen LogP contribution in [0.5, 0.6) is 17.4 Å². The zero-order valence-corrected chi connectivity index (χ0v) is 13.8. The molecule has 2 rings (SSSR count). The van der Waals surface area contributed by atoms with Crippen molar-refractivity contribution < 1.29 is 9.47 Å². The molecule has 0 fully saturated rings. The average Bonchev–Trinajstić information content (AvgIpc) is 2.48. The molecule has 21 heavy (non-hydrogen) atoms. The van der Waals surface area contributed by atoms with Crippen molar-refractivity contribution in [1.29, 1.82) is 0 Å². The van der Waals surface area contributed by atoms with E-state index in [1.807, 2.05) is 18.2 Å². The van der Waals surface area contributed by atoms with Crippen molar-refractivity contribution in [2.45, 2.75) is 26.4 Å². The fourth-order valence-corrected chi connectivity index (χ4v) is 2.04. The minimum Gasteiger partial charge on any atom is -0.497 e. The minimum atomic E-state index is 0.415. The lowest BCUT2D eigenvalue weighted by Crippen LogP contribution is -2.22. The van der Waals surface area contributed by atoms with E-state index in [0.717, 1.165) is 15.9 Å². The van der Waals surface area contributed by atoms with Gasteiger partial charge in [-0.05, 0) is 34.1 Å². The van der Waals surface area contributed by atoms with Crippen molar-refractivity contribution in [3.05, 3.63) is 40.8 Å². The van der Waals surface area contributed by atoms with Gasteiger partial charge >= 0.3 is 0 Å². The van der Waals surface area contributed by atoms with Crippen molar-refractivity contribution in [3.8, 4) is 17.4 Å². The standard InChI is InChI=1S/C15H18BrN3O2/c1-10(2)17-7-11-8-19-15(9-18-11)21-14-5-4-12(20-3)6-13(14)16/h4-6,8-10,17H,7H2,1-3H3. The van der Waals surface area contributed by atoms with E-state index in [-0.39, 0.29) is 0 Å². The summed E-state index contributed by atoms with van der Waals surface area (Å²) in [6.07, 6.45) is 3.33. The second-order valence-corrected chi connectivity index (χ2v) is 5.63. The van der Waals surface area contributed by atoms with Gasteiger partial charge in [0.25, 0.3) is 0 Å². The lowest BCUT2D eigenvalue weighted by molar-refractivity contribution is 0.411. The molecule has 2 aromatic rings. The van der Waals surface area contributed by atoms with E-state index < -0.39 is 0 Å². The van der Waals surface area contributed by atoms with E-state index >= 15 is 0 Å². The summed E-state index contributed by atoms with van der Waals surface area (Å²) in [6, 6.07) is 5.90. The molecule has 0 spiro atoms. The molecular formula is C15H18BrN3O2. The Morgan fingerprint density at radius 2 is 2.05 bits per heavy atom. The smallest absolute Gasteiger partial charge is 0.237 e. The van der Waals surface area contributed by atoms with Gasteiger partial charge in [0.05, 0.1) is 29.7 Å². The van der Waals surface area contributed by atoms with Crippen molar-refractivity contribution in [3.63, 3.8) is 0 Å². The number of hydrogen-bond donors (Lipinski definition) is 1. The van der Waals surface area contributed by atoms with Crippen LogP contribution in [-0.2, 0) is 6.54 Å². The van der Waals surface area contributed by atoms with Gasteiger partial charge in [-0.2, -0.15) is 0 Å². The zero-order valence-electron chi connectivity index (χ0n) is 12.3. The first-order chi connectivity index (χ1) is 10.1. The van der Waals surface area contributed by atoms with Crippen LogP contribution in [0.4, 0.5) is 0 Å². The van der Waals surface area contributed by atoms with E-state index in [1.165, 1.54) is 0 Å². The summed E-state index contributed by atoms with van der Waals surface area (Å²) in [5, 5.41) is 3.29. The largest absolute Gasteiger partial charge is 0.497 e. The SMILES string of the molecule is COc1ccc(Oc2cnc(CNC(C)C)cn2)c(Br)c1. The third-order valence-electron chi connectivity index (χ3n) is 2.73. The molecule has 0 bridgehead atoms. The van der Waals surface area contributed by atoms with Gasteiger partial charge in [0, 0.05) is 12.6 Å². The van der Waals surface area contributed by atoms with Gasteiger partial charge in [-0.1, -0.05) is 13.8 Å². The quantitative estimate of drug-likeness (QED) is 0.862. The van der Waals surface area contributed by atoms with Crippen molar-refractivity contribution in [1.82, 2.24) is 15.3 Å². The minimum absolute atomic E-state index is 0.415. The Labute approximate surface area is 132 Å². The van der Waals surface area contributed by atoms with Crippen LogP contribution in [0.1, 0.15) is 19.5 Å². The molecular weight excluding hydrogens is 334 g/mol. The Morgan fingerprint density at radius 1 is 1.24 bits per heavy atom. The van der Waals surface area contributed by atoms with E-state index in [2.05, 4.69) is 45.1 Å². The monoisotopic (exact) mass is 351 g/mol. The highest BCUT2D eigenvalue weighted by Gasteiger charge is 2.06. The number of nitrogens with one attached hydrogen (secondary N) is 1. The van der Waals surface area contributed by atoms with Crippen molar-refractivity contribution in [2.75, 3.05) is 7.11 Å². The number of methoxy groups -OCH3 is 1. The Balaban J connectivity index is 2.03. The highest BCUT2D eigenvalue weighted by atomic mass is 79.9. The number of benzene rings is 1. The first-order valence-corrected chi connectivity index (χ1v) is 7.43. The predicted molar refractivity (Wildman–Crippen MR) is 84.8 cm³/mol. The first-order valence-electron chi connectivity index (χ1n) is 6.64. The molecule has 112 valence electrons. The summed E-state index contributed by atoms with van der Waals surface area (Å²) >= 11 is 3.44. The molecule has 6 heteroatoms. The summed E-state index contributed by atoms with van der Waals surface area (Å²) < 4.78 is 11.6. The Bertz CT molecular complexity index is 588. The molecule has 0 aliphatic heterocycles. The molecule has 0 aliphatic carbocycles. The molecule has 0 aliphatic rings. The van der Waals surface area contributed by atoms with Crippen LogP contribution < -0.4 is 14.8 Å². The topological polar surface area (TPSA) is 56.3 Å². The zero-order chi connectivity index (χ0) is 15.2. The van der Waals surface area contributed by atoms with Crippen LogP contribution >= 0.6 is 15.9 Å². The van der Waals surface area contributed by atoms with Gasteiger partial charge in [-0.3, -0.25) is 4.98 Å². The highest BCUT2D eigenvalue weighted by molar-refractivity contribution is 9.10. The molecule has 1 aromatic carbocycles. The van der Waals surface area contributed by atoms with Gasteiger partial charge in [0.2, 0.25) is 5.88 Å². The van der Waals surface area contributed by atoms with Crippen molar-refractivity contribution >= 4 is 15.9 Å². The van der Waals surface area contributed by atoms with Gasteiger partial charge in [0.15, 0.2) is 0 Å². The van der Waals surface area contributed by atoms with Crippen LogP contribution in [-0.4, -0.2) is 23.1 Å². The van der Waals surface area contributed by atoms with E-state index in [9.17, 15) is 0 Å². The summed E-state index contributed by atoms with van der Waals surface area (Å²) in [5.41, 5.74) is 0.879. The van der Waals surface area contributed by atoms with Crippen molar-refractivity contribution in [2.24, 2.45) is 0 Å². The lowest BCUT2D eigenvalue weighted by Gasteiger charge is -2.09. The van der Waals surface area contributed by atoms with Crippen LogP contribution in [0.3, 0.4) is 0 Å². The molecule has 5 nitrogen and oxygen atoms in total. The third-order valence-corrected chi connectivity index (χ3v) is 3.35. The maximum atomic E-state index is 5.69. The number of nitrogens with zero attached hydrogens (tertiary/aromatic N) is 2. The first kappa shape index (κ1) is 15.7. The molecule has 0 saturated carbocycles. The number of aromatic nitrogens is 2. The maximum Gasteiger partial charge on any atom is 0.237 e. The average molecular weight is 352 g/mol. The Hall–Kier alpha value is -1.66. The van der Waals surface area contributed by atoms with Gasteiger partial charge in [-0.15, -0.1) is 0 Å². The molecule has 0 saturated heterocycles. The van der Waals surface area contributed by atoms with Crippen LogP contribution in [0, 0.1) is 0 Å². The van der Waals surface area contributed by atoms with Gasteiger partial charge in [0.1, 0.15) is 11.5 Å². The fourth-order valence-electron chi connectivity index (χ4n) is 1.60. The van der Waals surface area contributed by atoms with E-state index in [1.54, 1.807) is 19.5 Å². The third kappa shape index (κ3) is 4.68. The number of rotatable bonds is 6. The second kappa shape index (κ2) is 7.38. The maximum absolute atomic E-state index is 5.69. The molecule has 1 N–H and O–H groups in total. The van der Waals surface area contributed by atoms with Gasteiger partial charge in [-0.25, -0.2) is 4.98 Å². The van der Waals surface area contributed by atoms with Crippen LogP contribution in [0.15, 0.2) is 35.1 Å². The van der Waals surface area contributed by atoms with Crippen LogP contribution in [0.2, 0.25) is 0 Å². The van der Waals surface area contributed by atoms with Gasteiger partial charge < -0.3 is 14.8 Å². The van der Waals surface area contributed by atoms with Crippen LogP contribution in [0.25, 0.3) is 0 Å². The molecule has 1 heterocycles. The number of halogens is 1. The Kier molecular flexibility index (Phi) is 5.52. The fraction of sp³-hybridized carbons (Fsp3) is 0.333. The molecule has 0 unspecified atom stereocenters. The molecule has 0 radical (unpaired) electrons. The summed E-state index contributed by atoms with van der Waals surface area (Å²) in [4.78, 5) is 8.58. The number of ether oxygens (including phenoxy) is 2. The number of hydrogen-bond acceptors (Lipinski definition) is 5. The summed E-state index contributed by atoms with van der Waals surface area (Å²) in [5.74, 6) is 1.88. The normalized spacial score (nSPS) is 10.7. The summed E-state index contributed by atoms with van der Waals surface area (Å²) in [7, 11) is 1.62. The van der Waals surface area contributed by atoms with E-state index in [0.29, 0.717) is 24.2 Å². The van der Waals surface area contributed by atoms with E-state index in [4.69, 9.17) is 9.47 Å². The lowest BCUT2D eigenvalue weighted by atomic mass is 10.3. The molecule has 0 amide bonds. The Morgan fingerprint density at radius 3 is 2.62 bits per heavy atom.